The molecule has 6 heteroatoms. The summed E-state index contributed by atoms with van der Waals surface area (Å²) in [5, 5.41) is 18.0. The van der Waals surface area contributed by atoms with Gasteiger partial charge in [0.25, 0.3) is 5.91 Å². The minimum atomic E-state index is -0.357. The number of aliphatic hydroxyl groups is 1. The molecule has 4 saturated carbocycles. The van der Waals surface area contributed by atoms with Crippen molar-refractivity contribution in [2.24, 2.45) is 17.8 Å². The number of hydrogen-bond acceptors (Lipinski definition) is 5. The molecule has 2 aromatic rings. The molecule has 1 heterocycles. The van der Waals surface area contributed by atoms with E-state index in [1.807, 2.05) is 24.3 Å². The quantitative estimate of drug-likeness (QED) is 0.576. The molecule has 7 rings (SSSR count). The van der Waals surface area contributed by atoms with E-state index in [0.717, 1.165) is 62.5 Å². The van der Waals surface area contributed by atoms with E-state index in [2.05, 4.69) is 27.7 Å². The van der Waals surface area contributed by atoms with Crippen molar-refractivity contribution >= 4 is 17.3 Å². The van der Waals surface area contributed by atoms with Crippen molar-refractivity contribution in [3.63, 3.8) is 0 Å². The van der Waals surface area contributed by atoms with Gasteiger partial charge in [-0.1, -0.05) is 18.2 Å². The Hall–Kier alpha value is -2.57. The van der Waals surface area contributed by atoms with Gasteiger partial charge in [-0.3, -0.25) is 4.79 Å². The SMILES string of the molecule is COc1ccccc1C(=O)Nc1cccc(N2CCC(NC3C4CC5CC3CC(O)(C5)C4)CC2)c1. The maximum Gasteiger partial charge on any atom is 0.259 e. The Labute approximate surface area is 208 Å². The van der Waals surface area contributed by atoms with Gasteiger partial charge in [0.1, 0.15) is 5.75 Å². The van der Waals surface area contributed by atoms with E-state index in [1.54, 1.807) is 19.2 Å². The molecule has 3 N–H and O–H groups in total. The first-order valence-electron chi connectivity index (χ1n) is 13.3. The van der Waals surface area contributed by atoms with E-state index in [0.29, 0.717) is 35.2 Å². The summed E-state index contributed by atoms with van der Waals surface area (Å²) in [6.45, 7) is 2.02. The average molecular weight is 476 g/mol. The lowest BCUT2D eigenvalue weighted by molar-refractivity contribution is -0.140. The Morgan fingerprint density at radius 3 is 2.49 bits per heavy atom. The molecule has 0 aromatic heterocycles. The van der Waals surface area contributed by atoms with Crippen molar-refractivity contribution in [1.29, 1.82) is 0 Å². The van der Waals surface area contributed by atoms with Gasteiger partial charge in [-0.15, -0.1) is 0 Å². The average Bonchev–Trinajstić information content (AvgIpc) is 2.86. The summed E-state index contributed by atoms with van der Waals surface area (Å²) < 4.78 is 5.34. The maximum atomic E-state index is 12.8. The first-order valence-corrected chi connectivity index (χ1v) is 13.3. The van der Waals surface area contributed by atoms with Crippen LogP contribution in [0, 0.1) is 17.8 Å². The lowest BCUT2D eigenvalue weighted by atomic mass is 9.52. The van der Waals surface area contributed by atoms with Crippen LogP contribution in [0.25, 0.3) is 0 Å². The van der Waals surface area contributed by atoms with E-state index in [9.17, 15) is 9.90 Å². The zero-order chi connectivity index (χ0) is 24.0. The van der Waals surface area contributed by atoms with Crippen molar-refractivity contribution < 1.29 is 14.6 Å². The minimum absolute atomic E-state index is 0.164. The van der Waals surface area contributed by atoms with Crippen LogP contribution in [0.5, 0.6) is 5.75 Å². The molecule has 35 heavy (non-hydrogen) atoms. The summed E-state index contributed by atoms with van der Waals surface area (Å²) in [7, 11) is 1.58. The van der Waals surface area contributed by atoms with Crippen LogP contribution in [0.1, 0.15) is 55.3 Å². The summed E-state index contributed by atoms with van der Waals surface area (Å²) in [6.07, 6.45) is 7.92. The zero-order valence-corrected chi connectivity index (χ0v) is 20.6. The van der Waals surface area contributed by atoms with Gasteiger partial charge in [0.2, 0.25) is 0 Å². The Kier molecular flexibility index (Phi) is 5.97. The normalized spacial score (nSPS) is 32.0. The standard InChI is InChI=1S/C29H37N3O3/c1-35-26-8-3-2-7-25(26)28(33)31-23-5-4-6-24(15-23)32-11-9-22(10-12-32)30-27-20-13-19-14-21(27)18-29(34,16-19)17-20/h2-8,15,19-22,27,30,34H,9-14,16-18H2,1H3,(H,31,33). The summed E-state index contributed by atoms with van der Waals surface area (Å²) >= 11 is 0. The molecule has 1 amide bonds. The number of nitrogens with zero attached hydrogens (tertiary/aromatic N) is 1. The van der Waals surface area contributed by atoms with Crippen LogP contribution in [-0.4, -0.2) is 48.9 Å². The van der Waals surface area contributed by atoms with Gasteiger partial charge >= 0.3 is 0 Å². The van der Waals surface area contributed by atoms with Crippen LogP contribution in [0.2, 0.25) is 0 Å². The molecule has 1 saturated heterocycles. The van der Waals surface area contributed by atoms with E-state index in [1.165, 1.54) is 12.8 Å². The second-order valence-corrected chi connectivity index (χ2v) is 11.4. The van der Waals surface area contributed by atoms with Gasteiger partial charge in [-0.25, -0.2) is 0 Å². The number of methoxy groups -OCH3 is 1. The molecule has 5 aliphatic rings. The Balaban J connectivity index is 1.05. The fourth-order valence-corrected chi connectivity index (χ4v) is 7.64. The largest absolute Gasteiger partial charge is 0.496 e. The minimum Gasteiger partial charge on any atom is -0.496 e. The van der Waals surface area contributed by atoms with Crippen molar-refractivity contribution in [3.8, 4) is 5.75 Å². The Bertz CT molecular complexity index is 1060. The number of piperidine rings is 1. The summed E-state index contributed by atoms with van der Waals surface area (Å²) in [4.78, 5) is 15.2. The smallest absolute Gasteiger partial charge is 0.259 e. The Morgan fingerprint density at radius 1 is 1.03 bits per heavy atom. The molecule has 5 fully saturated rings. The molecule has 4 bridgehead atoms. The van der Waals surface area contributed by atoms with Gasteiger partial charge in [-0.05, 0) is 93.0 Å². The van der Waals surface area contributed by atoms with Crippen LogP contribution in [-0.2, 0) is 0 Å². The number of nitrogens with one attached hydrogen (secondary N) is 2. The van der Waals surface area contributed by atoms with Crippen LogP contribution in [0.15, 0.2) is 48.5 Å². The third-order valence-electron chi connectivity index (χ3n) is 8.98. The van der Waals surface area contributed by atoms with Gasteiger partial charge in [-0.2, -0.15) is 0 Å². The predicted molar refractivity (Wildman–Crippen MR) is 138 cm³/mol. The van der Waals surface area contributed by atoms with Crippen LogP contribution in [0.4, 0.5) is 11.4 Å². The maximum absolute atomic E-state index is 12.8. The highest BCUT2D eigenvalue weighted by Crippen LogP contribution is 2.55. The van der Waals surface area contributed by atoms with Gasteiger partial charge < -0.3 is 25.4 Å². The lowest BCUT2D eigenvalue weighted by Gasteiger charge is -2.59. The van der Waals surface area contributed by atoms with Gasteiger partial charge in [0.05, 0.1) is 18.3 Å². The van der Waals surface area contributed by atoms with E-state index in [-0.39, 0.29) is 11.5 Å². The summed E-state index contributed by atoms with van der Waals surface area (Å²) in [5.74, 6) is 2.49. The molecule has 0 radical (unpaired) electrons. The number of carbonyl (C=O) groups is 1. The highest BCUT2D eigenvalue weighted by atomic mass is 16.5. The topological polar surface area (TPSA) is 73.8 Å². The molecule has 4 aliphatic carbocycles. The molecular formula is C29H37N3O3. The molecule has 2 atom stereocenters. The first kappa shape index (κ1) is 22.9. The number of rotatable bonds is 6. The zero-order valence-electron chi connectivity index (χ0n) is 20.6. The van der Waals surface area contributed by atoms with Crippen molar-refractivity contribution in [3.05, 3.63) is 54.1 Å². The number of benzene rings is 2. The molecular weight excluding hydrogens is 438 g/mol. The molecule has 0 spiro atoms. The third-order valence-corrected chi connectivity index (χ3v) is 8.98. The molecule has 6 nitrogen and oxygen atoms in total. The third kappa shape index (κ3) is 4.54. The first-order chi connectivity index (χ1) is 17.0. The molecule has 1 aliphatic heterocycles. The van der Waals surface area contributed by atoms with Crippen LogP contribution < -0.4 is 20.3 Å². The Morgan fingerprint density at radius 2 is 1.77 bits per heavy atom. The number of anilines is 2. The van der Waals surface area contributed by atoms with Crippen LogP contribution >= 0.6 is 0 Å². The highest BCUT2D eigenvalue weighted by molar-refractivity contribution is 6.06. The van der Waals surface area contributed by atoms with Gasteiger partial charge in [0.15, 0.2) is 0 Å². The highest BCUT2D eigenvalue weighted by Gasteiger charge is 2.54. The number of amides is 1. The predicted octanol–water partition coefficient (Wildman–Crippen LogP) is 4.45. The molecule has 2 aromatic carbocycles. The molecule has 186 valence electrons. The van der Waals surface area contributed by atoms with Crippen molar-refractivity contribution in [2.75, 3.05) is 30.4 Å². The lowest BCUT2D eigenvalue weighted by Crippen LogP contribution is -2.62. The second kappa shape index (κ2) is 9.14. The van der Waals surface area contributed by atoms with Crippen molar-refractivity contribution in [1.82, 2.24) is 5.32 Å². The number of para-hydroxylation sites is 1. The number of carbonyl (C=O) groups excluding carboxylic acids is 1. The van der Waals surface area contributed by atoms with E-state index >= 15 is 0 Å². The van der Waals surface area contributed by atoms with E-state index in [4.69, 9.17) is 4.74 Å². The monoisotopic (exact) mass is 475 g/mol. The van der Waals surface area contributed by atoms with E-state index < -0.39 is 0 Å². The summed E-state index contributed by atoms with van der Waals surface area (Å²) in [6, 6.07) is 16.6. The number of ether oxygens (including phenoxy) is 1. The fraction of sp³-hybridized carbons (Fsp3) is 0.552. The number of hydrogen-bond donors (Lipinski definition) is 3. The molecule has 2 unspecified atom stereocenters. The van der Waals surface area contributed by atoms with Crippen molar-refractivity contribution in [2.45, 2.75) is 62.6 Å². The van der Waals surface area contributed by atoms with Crippen LogP contribution in [0.3, 0.4) is 0 Å². The summed E-state index contributed by atoms with van der Waals surface area (Å²) in [5.41, 5.74) is 2.12. The second-order valence-electron chi connectivity index (χ2n) is 11.4. The fourth-order valence-electron chi connectivity index (χ4n) is 7.64. The van der Waals surface area contributed by atoms with Gasteiger partial charge in [0, 0.05) is 36.5 Å².